The molecule has 0 spiro atoms. The third kappa shape index (κ3) is 4.89. The van der Waals surface area contributed by atoms with Crippen LogP contribution in [0.25, 0.3) is 0 Å². The van der Waals surface area contributed by atoms with Crippen LogP contribution in [0.4, 0.5) is 0 Å². The first-order valence-electron chi connectivity index (χ1n) is 14.5. The standard InChI is InChI=1S/C29H46O8S/c1-15(2)13-24-25(36-24)16(3)19-9-10-20-18-7-8-22-26(37-38(32,33)34)27(35-17(4)30)23(31)14-29(22,6)21(18)11-12-28(19,20)5/h7,15-16,19-27,31H,8-14H2,1-6H3,(H,32,33,34)/t16-,19+,20?,21?,22?,23+,24-,25-,26-,27-,28+,29+/m0/s1. The number of esters is 1. The first kappa shape index (κ1) is 28.5. The summed E-state index contributed by atoms with van der Waals surface area (Å²) in [4.78, 5) is 11.8. The van der Waals surface area contributed by atoms with Crippen molar-refractivity contribution in [3.63, 3.8) is 0 Å². The SMILES string of the molecule is CC(=O)O[C@H]1[C@H](O)C[C@]2(C)C3CC[C@@]4(C)C(CC[C@@H]4[C@H](C)[C@@H]4O[C@H]4CC(C)C)C3=CCC2[C@@H]1OS(=O)(=O)O. The van der Waals surface area contributed by atoms with E-state index in [2.05, 4.69) is 40.7 Å². The molecular formula is C29H46O8S. The second-order valence-electron chi connectivity index (χ2n) is 13.8. The molecule has 8 nitrogen and oxygen atoms in total. The molecule has 0 aromatic carbocycles. The Kier molecular flexibility index (Phi) is 7.37. The van der Waals surface area contributed by atoms with Crippen molar-refractivity contribution in [1.82, 2.24) is 0 Å². The van der Waals surface area contributed by atoms with E-state index in [1.807, 2.05) is 0 Å². The Morgan fingerprint density at radius 3 is 2.45 bits per heavy atom. The van der Waals surface area contributed by atoms with Gasteiger partial charge in [-0.15, -0.1) is 0 Å². The monoisotopic (exact) mass is 554 g/mol. The molecular weight excluding hydrogens is 508 g/mol. The van der Waals surface area contributed by atoms with E-state index in [1.165, 1.54) is 18.9 Å². The summed E-state index contributed by atoms with van der Waals surface area (Å²) in [5.41, 5.74) is 1.20. The summed E-state index contributed by atoms with van der Waals surface area (Å²) in [6.07, 6.45) is 6.09. The lowest BCUT2D eigenvalue weighted by Gasteiger charge is -2.59. The molecule has 0 amide bonds. The minimum atomic E-state index is -4.81. The van der Waals surface area contributed by atoms with Gasteiger partial charge in [-0.25, -0.2) is 4.18 Å². The van der Waals surface area contributed by atoms with Gasteiger partial charge in [0.2, 0.25) is 0 Å². The van der Waals surface area contributed by atoms with Crippen LogP contribution in [0, 0.1) is 46.3 Å². The number of ether oxygens (including phenoxy) is 2. The van der Waals surface area contributed by atoms with E-state index in [-0.39, 0.29) is 17.3 Å². The smallest absolute Gasteiger partial charge is 0.397 e. The molecule has 2 N–H and O–H groups in total. The van der Waals surface area contributed by atoms with E-state index in [9.17, 15) is 22.9 Å². The Labute approximate surface area is 227 Å². The minimum Gasteiger partial charge on any atom is -0.457 e. The van der Waals surface area contributed by atoms with Crippen LogP contribution in [-0.4, -0.2) is 54.6 Å². The summed E-state index contributed by atoms with van der Waals surface area (Å²) in [6, 6.07) is 0. The predicted molar refractivity (Wildman–Crippen MR) is 141 cm³/mol. The molecule has 216 valence electrons. The van der Waals surface area contributed by atoms with E-state index < -0.39 is 40.1 Å². The molecule has 5 rings (SSSR count). The topological polar surface area (TPSA) is 123 Å². The number of allylic oxidation sites excluding steroid dienone is 2. The Morgan fingerprint density at radius 1 is 1.13 bits per heavy atom. The highest BCUT2D eigenvalue weighted by Gasteiger charge is 2.63. The molecule has 38 heavy (non-hydrogen) atoms. The fourth-order valence-corrected chi connectivity index (χ4v) is 10.1. The minimum absolute atomic E-state index is 0.180. The predicted octanol–water partition coefficient (Wildman–Crippen LogP) is 4.72. The largest absolute Gasteiger partial charge is 0.457 e. The van der Waals surface area contributed by atoms with Crippen molar-refractivity contribution in [2.45, 2.75) is 117 Å². The molecule has 1 heterocycles. The number of carbonyl (C=O) groups is 1. The Bertz CT molecular complexity index is 1070. The zero-order valence-corrected chi connectivity index (χ0v) is 24.4. The first-order valence-corrected chi connectivity index (χ1v) is 15.9. The quantitative estimate of drug-likeness (QED) is 0.201. The van der Waals surface area contributed by atoms with Crippen LogP contribution in [-0.2, 0) is 28.9 Å². The Hall–Kier alpha value is -1.00. The van der Waals surface area contributed by atoms with Gasteiger partial charge < -0.3 is 14.6 Å². The van der Waals surface area contributed by atoms with Crippen LogP contribution >= 0.6 is 0 Å². The van der Waals surface area contributed by atoms with Crippen molar-refractivity contribution in [3.05, 3.63) is 11.6 Å². The van der Waals surface area contributed by atoms with Crippen molar-refractivity contribution in [2.75, 3.05) is 0 Å². The molecule has 3 unspecified atom stereocenters. The highest BCUT2D eigenvalue weighted by molar-refractivity contribution is 7.80. The van der Waals surface area contributed by atoms with Gasteiger partial charge in [0, 0.05) is 6.92 Å². The van der Waals surface area contributed by atoms with Gasteiger partial charge in [0.1, 0.15) is 6.10 Å². The summed E-state index contributed by atoms with van der Waals surface area (Å²) in [7, 11) is -4.81. The van der Waals surface area contributed by atoms with Crippen LogP contribution in [0.15, 0.2) is 11.6 Å². The van der Waals surface area contributed by atoms with Crippen molar-refractivity contribution in [2.24, 2.45) is 46.3 Å². The third-order valence-corrected chi connectivity index (χ3v) is 11.7. The molecule has 0 aromatic rings. The number of carbonyl (C=O) groups excluding carboxylic acids is 1. The zero-order valence-electron chi connectivity index (χ0n) is 23.6. The van der Waals surface area contributed by atoms with Crippen molar-refractivity contribution in [1.29, 1.82) is 0 Å². The second-order valence-corrected chi connectivity index (χ2v) is 14.9. The lowest BCUT2D eigenvalue weighted by Crippen LogP contribution is -2.61. The van der Waals surface area contributed by atoms with E-state index >= 15 is 0 Å². The van der Waals surface area contributed by atoms with Crippen LogP contribution in [0.1, 0.15) is 86.5 Å². The van der Waals surface area contributed by atoms with E-state index in [0.717, 1.165) is 25.7 Å². The number of epoxide rings is 1. The maximum atomic E-state index is 11.8. The molecule has 1 aliphatic heterocycles. The first-order chi connectivity index (χ1) is 17.7. The van der Waals surface area contributed by atoms with Gasteiger partial charge in [-0.3, -0.25) is 9.35 Å². The van der Waals surface area contributed by atoms with Crippen LogP contribution in [0.5, 0.6) is 0 Å². The molecule has 5 aliphatic rings. The summed E-state index contributed by atoms with van der Waals surface area (Å²) in [5.74, 6) is 1.46. The molecule has 0 bridgehead atoms. The molecule has 1 saturated heterocycles. The molecule has 0 radical (unpaired) electrons. The van der Waals surface area contributed by atoms with Gasteiger partial charge in [0.05, 0.1) is 18.3 Å². The number of hydrogen-bond donors (Lipinski definition) is 2. The maximum Gasteiger partial charge on any atom is 0.397 e. The van der Waals surface area contributed by atoms with Crippen LogP contribution in [0.3, 0.4) is 0 Å². The van der Waals surface area contributed by atoms with Gasteiger partial charge in [-0.1, -0.05) is 46.3 Å². The van der Waals surface area contributed by atoms with Gasteiger partial charge >= 0.3 is 16.4 Å². The van der Waals surface area contributed by atoms with Crippen LogP contribution < -0.4 is 0 Å². The number of aliphatic hydroxyl groups excluding tert-OH is 1. The van der Waals surface area contributed by atoms with Gasteiger partial charge in [-0.05, 0) is 91.3 Å². The van der Waals surface area contributed by atoms with Crippen molar-refractivity contribution >= 4 is 16.4 Å². The lowest BCUT2D eigenvalue weighted by molar-refractivity contribution is -0.193. The van der Waals surface area contributed by atoms with Crippen molar-refractivity contribution in [3.8, 4) is 0 Å². The molecule has 4 fully saturated rings. The fourth-order valence-electron chi connectivity index (χ4n) is 9.60. The van der Waals surface area contributed by atoms with Crippen molar-refractivity contribution < 1.29 is 36.5 Å². The molecule has 3 saturated carbocycles. The van der Waals surface area contributed by atoms with Gasteiger partial charge in [0.15, 0.2) is 6.10 Å². The average Bonchev–Trinajstić information content (AvgIpc) is 3.44. The zero-order chi connectivity index (χ0) is 27.8. The molecule has 12 atom stereocenters. The summed E-state index contributed by atoms with van der Waals surface area (Å²) in [5, 5.41) is 11.1. The van der Waals surface area contributed by atoms with E-state index in [1.54, 1.807) is 0 Å². The molecule has 0 aromatic heterocycles. The normalized spacial score (nSPS) is 47.0. The number of hydrogen-bond acceptors (Lipinski definition) is 7. The average molecular weight is 555 g/mol. The highest BCUT2D eigenvalue weighted by atomic mass is 32.3. The Morgan fingerprint density at radius 2 is 1.82 bits per heavy atom. The molecule has 9 heteroatoms. The summed E-state index contributed by atoms with van der Waals surface area (Å²) in [6.45, 7) is 12.7. The van der Waals surface area contributed by atoms with E-state index in [4.69, 9.17) is 13.7 Å². The fraction of sp³-hybridized carbons (Fsp3) is 0.897. The van der Waals surface area contributed by atoms with E-state index in [0.29, 0.717) is 48.7 Å². The number of rotatable bonds is 7. The number of aliphatic hydroxyl groups is 1. The third-order valence-electron chi connectivity index (χ3n) is 11.2. The molecule has 4 aliphatic carbocycles. The summed E-state index contributed by atoms with van der Waals surface area (Å²) < 4.78 is 49.9. The van der Waals surface area contributed by atoms with Crippen LogP contribution in [0.2, 0.25) is 0 Å². The number of fused-ring (bicyclic) bond motifs is 5. The maximum absolute atomic E-state index is 11.8. The van der Waals surface area contributed by atoms with Gasteiger partial charge in [0.25, 0.3) is 0 Å². The Balaban J connectivity index is 1.41. The summed E-state index contributed by atoms with van der Waals surface area (Å²) >= 11 is 0. The lowest BCUT2D eigenvalue weighted by atomic mass is 9.47. The van der Waals surface area contributed by atoms with Gasteiger partial charge in [-0.2, -0.15) is 8.42 Å². The highest BCUT2D eigenvalue weighted by Crippen LogP contribution is 2.67. The second kappa shape index (κ2) is 9.82.